The predicted octanol–water partition coefficient (Wildman–Crippen LogP) is 1.41. The molecule has 0 aliphatic rings. The van der Waals surface area contributed by atoms with E-state index in [9.17, 15) is 9.59 Å². The minimum atomic E-state index is -0.689. The van der Waals surface area contributed by atoms with Crippen LogP contribution in [0.15, 0.2) is 51.9 Å². The van der Waals surface area contributed by atoms with Crippen molar-refractivity contribution in [1.29, 1.82) is 0 Å². The monoisotopic (exact) mass is 342 g/mol. The molecular weight excluding hydrogens is 324 g/mol. The van der Waals surface area contributed by atoms with Gasteiger partial charge in [-0.1, -0.05) is 18.2 Å². The molecule has 0 spiro atoms. The maximum Gasteiger partial charge on any atom is 0.437 e. The molecule has 0 aliphatic heterocycles. The Morgan fingerprint density at radius 3 is 2.80 bits per heavy atom. The molecule has 0 unspecified atom stereocenters. The van der Waals surface area contributed by atoms with E-state index in [-0.39, 0.29) is 19.0 Å². The molecule has 0 bridgehead atoms. The number of nitrogens with zero attached hydrogens (tertiary/aromatic N) is 4. The molecule has 3 aromatic rings. The van der Waals surface area contributed by atoms with E-state index in [1.807, 2.05) is 31.4 Å². The number of rotatable bonds is 7. The number of benzene rings is 1. The normalized spacial score (nSPS) is 10.8. The summed E-state index contributed by atoms with van der Waals surface area (Å²) in [5, 5.41) is 8.10. The largest absolute Gasteiger partial charge is 0.464 e. The Bertz CT molecular complexity index is 895. The van der Waals surface area contributed by atoms with Gasteiger partial charge in [-0.05, 0) is 30.5 Å². The lowest BCUT2D eigenvalue weighted by atomic mass is 10.2. The lowest BCUT2D eigenvalue weighted by Gasteiger charge is -2.03. The van der Waals surface area contributed by atoms with Gasteiger partial charge in [-0.25, -0.2) is 4.79 Å². The fraction of sp³-hybridized carbons (Fsp3) is 0.294. The molecule has 0 atom stereocenters. The molecule has 8 nitrogen and oxygen atoms in total. The summed E-state index contributed by atoms with van der Waals surface area (Å²) >= 11 is 0. The highest BCUT2D eigenvalue weighted by molar-refractivity contribution is 5.69. The smallest absolute Gasteiger partial charge is 0.437 e. The van der Waals surface area contributed by atoms with Gasteiger partial charge in [0.2, 0.25) is 5.89 Å². The average Bonchev–Trinajstić information content (AvgIpc) is 3.19. The van der Waals surface area contributed by atoms with E-state index < -0.39 is 11.7 Å². The van der Waals surface area contributed by atoms with Gasteiger partial charge in [0.05, 0.1) is 12.8 Å². The van der Waals surface area contributed by atoms with Crippen LogP contribution in [0.4, 0.5) is 0 Å². The van der Waals surface area contributed by atoms with E-state index in [1.165, 1.54) is 0 Å². The van der Waals surface area contributed by atoms with Crippen molar-refractivity contribution < 1.29 is 13.9 Å². The molecule has 0 saturated heterocycles. The molecule has 0 saturated carbocycles. The number of carbonyl (C=O) groups excluding carboxylic acids is 1. The van der Waals surface area contributed by atoms with Crippen LogP contribution >= 0.6 is 0 Å². The van der Waals surface area contributed by atoms with Gasteiger partial charge in [-0.2, -0.15) is 9.78 Å². The van der Waals surface area contributed by atoms with Crippen molar-refractivity contribution in [3.05, 3.63) is 58.8 Å². The number of hydrogen-bond acceptors (Lipinski definition) is 6. The molecule has 3 rings (SSSR count). The molecule has 0 N–H and O–H groups in total. The second-order valence-corrected chi connectivity index (χ2v) is 5.54. The molecule has 130 valence electrons. The van der Waals surface area contributed by atoms with Crippen molar-refractivity contribution in [2.75, 3.05) is 6.61 Å². The van der Waals surface area contributed by atoms with Crippen LogP contribution in [0.1, 0.15) is 12.0 Å². The van der Waals surface area contributed by atoms with Gasteiger partial charge in [0, 0.05) is 18.8 Å². The summed E-state index contributed by atoms with van der Waals surface area (Å²) in [6, 6.07) is 9.01. The molecule has 2 heterocycles. The molecule has 2 aromatic heterocycles. The van der Waals surface area contributed by atoms with Gasteiger partial charge in [0.25, 0.3) is 0 Å². The zero-order valence-corrected chi connectivity index (χ0v) is 13.8. The van der Waals surface area contributed by atoms with Gasteiger partial charge in [-0.3, -0.25) is 9.48 Å². The summed E-state index contributed by atoms with van der Waals surface area (Å²) in [6.45, 7) is -0.00602. The first kappa shape index (κ1) is 16.7. The minimum absolute atomic E-state index is 0.176. The first-order valence-electron chi connectivity index (χ1n) is 7.88. The number of esters is 1. The molecule has 0 fully saturated rings. The van der Waals surface area contributed by atoms with Gasteiger partial charge in [-0.15, -0.1) is 5.10 Å². The number of aromatic nitrogens is 4. The Kier molecular flexibility index (Phi) is 5.08. The fourth-order valence-electron chi connectivity index (χ4n) is 2.33. The Morgan fingerprint density at radius 1 is 1.28 bits per heavy atom. The molecule has 8 heteroatoms. The molecule has 1 aromatic carbocycles. The Labute approximate surface area is 143 Å². The van der Waals surface area contributed by atoms with Crippen molar-refractivity contribution in [3.8, 4) is 11.5 Å². The third-order valence-electron chi connectivity index (χ3n) is 3.54. The highest BCUT2D eigenvalue weighted by atomic mass is 16.5. The van der Waals surface area contributed by atoms with Crippen LogP contribution in [-0.2, 0) is 29.5 Å². The molecule has 0 aliphatic carbocycles. The predicted molar refractivity (Wildman–Crippen MR) is 88.7 cm³/mol. The van der Waals surface area contributed by atoms with Crippen LogP contribution in [0, 0.1) is 0 Å². The quantitative estimate of drug-likeness (QED) is 0.476. The summed E-state index contributed by atoms with van der Waals surface area (Å²) < 4.78 is 12.9. The lowest BCUT2D eigenvalue weighted by molar-refractivity contribution is -0.144. The lowest BCUT2D eigenvalue weighted by Crippen LogP contribution is -2.23. The van der Waals surface area contributed by atoms with Crippen LogP contribution in [0.3, 0.4) is 0 Å². The highest BCUT2D eigenvalue weighted by Crippen LogP contribution is 2.13. The van der Waals surface area contributed by atoms with Crippen LogP contribution < -0.4 is 5.76 Å². The molecule has 0 amide bonds. The average molecular weight is 342 g/mol. The van der Waals surface area contributed by atoms with E-state index in [4.69, 9.17) is 9.15 Å². The maximum atomic E-state index is 11.8. The summed E-state index contributed by atoms with van der Waals surface area (Å²) in [5.74, 6) is -1.04. The van der Waals surface area contributed by atoms with Gasteiger partial charge < -0.3 is 9.15 Å². The van der Waals surface area contributed by atoms with E-state index >= 15 is 0 Å². The minimum Gasteiger partial charge on any atom is -0.464 e. The van der Waals surface area contributed by atoms with Crippen molar-refractivity contribution >= 4 is 5.97 Å². The Hall–Kier alpha value is -3.16. The van der Waals surface area contributed by atoms with Crippen molar-refractivity contribution in [2.24, 2.45) is 7.05 Å². The molecule has 25 heavy (non-hydrogen) atoms. The van der Waals surface area contributed by atoms with Crippen LogP contribution in [-0.4, -0.2) is 32.1 Å². The number of carbonyl (C=O) groups is 1. The van der Waals surface area contributed by atoms with Crippen LogP contribution in [0.5, 0.6) is 0 Å². The first-order chi connectivity index (χ1) is 12.1. The van der Waals surface area contributed by atoms with Gasteiger partial charge >= 0.3 is 11.7 Å². The standard InChI is InChI=1S/C17H18N4O4/c1-20-11-13(10-18-20)6-5-9-24-15(22)12-21-17(23)25-16(19-21)14-7-3-2-4-8-14/h2-4,7-8,10-11H,5-6,9,12H2,1H3. The second kappa shape index (κ2) is 7.61. The molecule has 0 radical (unpaired) electrons. The zero-order valence-electron chi connectivity index (χ0n) is 13.8. The van der Waals surface area contributed by atoms with Crippen molar-refractivity contribution in [1.82, 2.24) is 19.6 Å². The van der Waals surface area contributed by atoms with E-state index in [2.05, 4.69) is 10.2 Å². The fourth-order valence-corrected chi connectivity index (χ4v) is 2.33. The first-order valence-corrected chi connectivity index (χ1v) is 7.88. The number of ether oxygens (including phenoxy) is 1. The number of hydrogen-bond donors (Lipinski definition) is 0. The zero-order chi connectivity index (χ0) is 17.6. The third kappa shape index (κ3) is 4.43. The SMILES string of the molecule is Cn1cc(CCCOC(=O)Cn2nc(-c3ccccc3)oc2=O)cn1. The van der Waals surface area contributed by atoms with Crippen molar-refractivity contribution in [3.63, 3.8) is 0 Å². The van der Waals surface area contributed by atoms with E-state index in [0.29, 0.717) is 12.0 Å². The van der Waals surface area contributed by atoms with Crippen LogP contribution in [0.25, 0.3) is 11.5 Å². The van der Waals surface area contributed by atoms with Gasteiger partial charge in [0.15, 0.2) is 0 Å². The number of aryl methyl sites for hydroxylation is 2. The summed E-state index contributed by atoms with van der Waals surface area (Å²) in [7, 11) is 1.85. The molecular formula is C17H18N4O4. The van der Waals surface area contributed by atoms with Crippen LogP contribution in [0.2, 0.25) is 0 Å². The van der Waals surface area contributed by atoms with Crippen molar-refractivity contribution in [2.45, 2.75) is 19.4 Å². The summed E-state index contributed by atoms with van der Waals surface area (Å²) in [4.78, 5) is 23.6. The topological polar surface area (TPSA) is 92.1 Å². The Balaban J connectivity index is 1.49. The van der Waals surface area contributed by atoms with E-state index in [1.54, 1.807) is 23.0 Å². The summed E-state index contributed by atoms with van der Waals surface area (Å²) in [5.41, 5.74) is 1.75. The van der Waals surface area contributed by atoms with Gasteiger partial charge in [0.1, 0.15) is 6.54 Å². The highest BCUT2D eigenvalue weighted by Gasteiger charge is 2.13. The van der Waals surface area contributed by atoms with E-state index in [0.717, 1.165) is 16.7 Å². The second-order valence-electron chi connectivity index (χ2n) is 5.54. The summed E-state index contributed by atoms with van der Waals surface area (Å²) in [6.07, 6.45) is 5.15. The maximum absolute atomic E-state index is 11.8. The Morgan fingerprint density at radius 2 is 2.08 bits per heavy atom. The third-order valence-corrected chi connectivity index (χ3v) is 3.54.